The summed E-state index contributed by atoms with van der Waals surface area (Å²) in [4.78, 5) is 0. The van der Waals surface area contributed by atoms with Gasteiger partial charge in [-0.2, -0.15) is 4.57 Å². The van der Waals surface area contributed by atoms with Crippen molar-refractivity contribution in [2.45, 2.75) is 77.7 Å². The molecule has 0 aliphatic carbocycles. The highest BCUT2D eigenvalue weighted by Gasteiger charge is 2.56. The molecular weight excluding hydrogens is 707 g/mol. The Hall–Kier alpha value is -6.00. The zero-order chi connectivity index (χ0) is 39.1. The fraction of sp³-hybridized carbons (Fsp3) is 0.259. The molecule has 4 heteroatoms. The second-order valence-corrected chi connectivity index (χ2v) is 18.6. The lowest BCUT2D eigenvalue weighted by Crippen LogP contribution is -2.65. The van der Waals surface area contributed by atoms with Crippen molar-refractivity contribution in [1.29, 1.82) is 0 Å². The summed E-state index contributed by atoms with van der Waals surface area (Å²) < 4.78 is 14.2. The first-order valence-corrected chi connectivity index (χ1v) is 21.4. The Morgan fingerprint density at radius 2 is 1.57 bits per heavy atom. The highest BCUT2D eigenvalue weighted by atomic mass is 16.3. The number of aromatic nitrogens is 3. The maximum absolute atomic E-state index is 6.69. The normalized spacial score (nSPS) is 17.6. The van der Waals surface area contributed by atoms with Crippen molar-refractivity contribution in [2.24, 2.45) is 12.5 Å². The summed E-state index contributed by atoms with van der Waals surface area (Å²) in [5.41, 5.74) is 17.0. The van der Waals surface area contributed by atoms with Crippen molar-refractivity contribution in [1.82, 2.24) is 4.40 Å². The second-order valence-electron chi connectivity index (χ2n) is 18.6. The average molecular weight is 756 g/mol. The van der Waals surface area contributed by atoms with Gasteiger partial charge in [-0.1, -0.05) is 88.2 Å². The molecule has 12 rings (SSSR count). The maximum atomic E-state index is 6.69. The summed E-state index contributed by atoms with van der Waals surface area (Å²) in [5.74, 6) is 0. The van der Waals surface area contributed by atoms with E-state index in [2.05, 4.69) is 176 Å². The van der Waals surface area contributed by atoms with Gasteiger partial charge in [0.1, 0.15) is 18.2 Å². The minimum absolute atomic E-state index is 0.150. The van der Waals surface area contributed by atoms with Crippen LogP contribution in [0.3, 0.4) is 0 Å². The van der Waals surface area contributed by atoms with Crippen LogP contribution in [0, 0.1) is 5.41 Å². The zero-order valence-electron chi connectivity index (χ0n) is 34.2. The molecule has 7 heterocycles. The summed E-state index contributed by atoms with van der Waals surface area (Å²) in [6, 6.07) is 46.3. The largest absolute Gasteiger partial charge is 0.455 e. The van der Waals surface area contributed by atoms with Crippen LogP contribution in [0.2, 0.25) is 0 Å². The molecule has 2 unspecified atom stereocenters. The first kappa shape index (κ1) is 34.1. The van der Waals surface area contributed by atoms with Crippen LogP contribution in [0.4, 0.5) is 0 Å². The van der Waals surface area contributed by atoms with Gasteiger partial charge >= 0.3 is 0 Å². The van der Waals surface area contributed by atoms with Crippen molar-refractivity contribution in [3.63, 3.8) is 0 Å². The Kier molecular flexibility index (Phi) is 7.06. The molecule has 0 saturated heterocycles. The minimum atomic E-state index is -0.150. The van der Waals surface area contributed by atoms with E-state index in [1.807, 2.05) is 0 Å². The molecule has 0 amide bonds. The summed E-state index contributed by atoms with van der Waals surface area (Å²) in [6.07, 6.45) is 9.07. The van der Waals surface area contributed by atoms with E-state index >= 15 is 0 Å². The van der Waals surface area contributed by atoms with E-state index in [-0.39, 0.29) is 10.8 Å². The van der Waals surface area contributed by atoms with Crippen molar-refractivity contribution < 1.29 is 13.6 Å². The zero-order valence-corrected chi connectivity index (χ0v) is 34.2. The highest BCUT2D eigenvalue weighted by molar-refractivity contribution is 6.29. The third-order valence-corrected chi connectivity index (χ3v) is 14.3. The quantitative estimate of drug-likeness (QED) is 0.142. The van der Waals surface area contributed by atoms with E-state index in [0.717, 1.165) is 30.4 Å². The molecule has 5 aromatic carbocycles. The number of hydrogen-bond donors (Lipinski definition) is 0. The van der Waals surface area contributed by atoms with E-state index < -0.39 is 0 Å². The standard InChI is InChI=1S/C54H49N3O/c1-6-7-24-53(2,3)31-33-26-35-28-49-54(4,32-34-15-8-9-16-36(34)44-20-12-13-25-55(44)5)43-30-47-41(29-42(43)46(27-33)56(35)49)38-18-14-19-40-50-45(57(47)51(38)40)23-22-39-37-17-10-11-21-48(37)58-52(39)50/h8-23,25-27,29-30,49H,6-7,24,28,31-32H2,1-5H3/q+2. The molecule has 0 bridgehead atoms. The molecule has 0 fully saturated rings. The molecule has 2 atom stereocenters. The second kappa shape index (κ2) is 12.0. The topological polar surface area (TPSA) is 25.3 Å². The average Bonchev–Trinajstić information content (AvgIpc) is 3.87. The van der Waals surface area contributed by atoms with Crippen LogP contribution in [0.5, 0.6) is 0 Å². The number of hydrogen-bond acceptors (Lipinski definition) is 1. The third kappa shape index (κ3) is 4.63. The molecule has 5 aromatic heterocycles. The van der Waals surface area contributed by atoms with Gasteiger partial charge in [-0.05, 0) is 90.8 Å². The van der Waals surface area contributed by atoms with Gasteiger partial charge in [0.25, 0.3) is 0 Å². The molecule has 0 N–H and O–H groups in total. The number of unbranched alkanes of at least 4 members (excludes halogenated alkanes) is 1. The van der Waals surface area contributed by atoms with Gasteiger partial charge in [0.15, 0.2) is 17.9 Å². The summed E-state index contributed by atoms with van der Waals surface area (Å²) >= 11 is 0. The minimum Gasteiger partial charge on any atom is -0.455 e. The molecular formula is C54H49N3O+2. The predicted octanol–water partition coefficient (Wildman–Crippen LogP) is 12.6. The first-order chi connectivity index (χ1) is 28.2. The predicted molar refractivity (Wildman–Crippen MR) is 238 cm³/mol. The first-order valence-electron chi connectivity index (χ1n) is 21.4. The molecule has 58 heavy (non-hydrogen) atoms. The lowest BCUT2D eigenvalue weighted by Gasteiger charge is -2.44. The molecule has 0 spiro atoms. The monoisotopic (exact) mass is 755 g/mol. The number of furan rings is 1. The number of rotatable bonds is 8. The van der Waals surface area contributed by atoms with Crippen LogP contribution >= 0.6 is 0 Å². The SMILES string of the molecule is CCCCC(C)(C)Cc1cc2[n+]3c(c1)-c1cc4c5cccc6c7c8oc9ccccc9c8ccc7n(c4cc1C(C)(Cc1ccccc1-c1cccc[n+]1C)C3C2)c56. The van der Waals surface area contributed by atoms with Crippen LogP contribution in [-0.2, 0) is 31.7 Å². The number of nitrogens with zero attached hydrogens (tertiary/aromatic N) is 3. The molecule has 284 valence electrons. The van der Waals surface area contributed by atoms with Gasteiger partial charge in [-0.15, -0.1) is 0 Å². The molecule has 0 saturated carbocycles. The van der Waals surface area contributed by atoms with Crippen LogP contribution < -0.4 is 9.13 Å². The number of aryl methyl sites for hydroxylation is 1. The Labute approximate surface area is 339 Å². The van der Waals surface area contributed by atoms with E-state index in [0.29, 0.717) is 6.04 Å². The fourth-order valence-corrected chi connectivity index (χ4v) is 11.5. The molecule has 10 aromatic rings. The van der Waals surface area contributed by atoms with Gasteiger partial charge in [0, 0.05) is 56.8 Å². The van der Waals surface area contributed by atoms with Crippen molar-refractivity contribution in [3.8, 4) is 22.5 Å². The van der Waals surface area contributed by atoms with E-state index in [1.165, 1.54) is 113 Å². The van der Waals surface area contributed by atoms with Crippen LogP contribution in [0.25, 0.3) is 82.5 Å². The number of fused-ring (bicyclic) bond motifs is 12. The Morgan fingerprint density at radius 1 is 0.759 bits per heavy atom. The molecule has 4 nitrogen and oxygen atoms in total. The van der Waals surface area contributed by atoms with Gasteiger partial charge in [0.05, 0.1) is 39.3 Å². The van der Waals surface area contributed by atoms with E-state index in [1.54, 1.807) is 0 Å². The number of para-hydroxylation sites is 2. The van der Waals surface area contributed by atoms with E-state index in [9.17, 15) is 0 Å². The van der Waals surface area contributed by atoms with Gasteiger partial charge in [0.2, 0.25) is 11.4 Å². The maximum Gasteiger partial charge on any atom is 0.213 e. The van der Waals surface area contributed by atoms with Crippen molar-refractivity contribution in [3.05, 3.63) is 150 Å². The van der Waals surface area contributed by atoms with Gasteiger partial charge in [-0.25, -0.2) is 4.57 Å². The molecule has 2 aliphatic rings. The Bertz CT molecular complexity index is 3320. The number of benzene rings is 5. The van der Waals surface area contributed by atoms with Crippen LogP contribution in [-0.4, -0.2) is 4.40 Å². The summed E-state index contributed by atoms with van der Waals surface area (Å²) in [6.45, 7) is 9.80. The van der Waals surface area contributed by atoms with E-state index in [4.69, 9.17) is 4.42 Å². The van der Waals surface area contributed by atoms with Crippen molar-refractivity contribution >= 4 is 60.0 Å². The Morgan fingerprint density at radius 3 is 2.45 bits per heavy atom. The summed E-state index contributed by atoms with van der Waals surface area (Å²) in [5, 5.41) is 7.45. The van der Waals surface area contributed by atoms with Gasteiger partial charge < -0.3 is 8.82 Å². The molecule has 0 radical (unpaired) electrons. The lowest BCUT2D eigenvalue weighted by atomic mass is 9.63. The van der Waals surface area contributed by atoms with Crippen molar-refractivity contribution in [2.75, 3.05) is 0 Å². The highest BCUT2D eigenvalue weighted by Crippen LogP contribution is 2.53. The fourth-order valence-electron chi connectivity index (χ4n) is 11.5. The smallest absolute Gasteiger partial charge is 0.213 e. The van der Waals surface area contributed by atoms with Crippen LogP contribution in [0.1, 0.15) is 75.4 Å². The molecule has 2 aliphatic heterocycles. The Balaban J connectivity index is 1.13. The number of pyridine rings is 2. The lowest BCUT2D eigenvalue weighted by molar-refractivity contribution is -0.769. The van der Waals surface area contributed by atoms with Gasteiger partial charge in [-0.3, -0.25) is 0 Å². The summed E-state index contributed by atoms with van der Waals surface area (Å²) in [7, 11) is 2.16. The third-order valence-electron chi connectivity index (χ3n) is 14.3. The van der Waals surface area contributed by atoms with Crippen LogP contribution in [0.15, 0.2) is 132 Å².